The maximum absolute atomic E-state index is 12.5. The van der Waals surface area contributed by atoms with Gasteiger partial charge in [-0.15, -0.1) is 0 Å². The Morgan fingerprint density at radius 2 is 1.84 bits per heavy atom. The van der Waals surface area contributed by atoms with Gasteiger partial charge in [0.15, 0.2) is 0 Å². The van der Waals surface area contributed by atoms with Crippen LogP contribution in [0.25, 0.3) is 10.9 Å². The second kappa shape index (κ2) is 10.5. The summed E-state index contributed by atoms with van der Waals surface area (Å²) in [6, 6.07) is 13.7. The molecule has 1 aromatic carbocycles. The van der Waals surface area contributed by atoms with Crippen molar-refractivity contribution in [3.63, 3.8) is 0 Å². The summed E-state index contributed by atoms with van der Waals surface area (Å²) < 4.78 is 2.08. The van der Waals surface area contributed by atoms with Crippen molar-refractivity contribution in [3.8, 4) is 0 Å². The molecule has 2 amide bonds. The molecule has 3 aromatic rings. The second-order valence-corrected chi connectivity index (χ2v) is 8.35. The number of halogens is 1. The zero-order valence-corrected chi connectivity index (χ0v) is 18.8. The van der Waals surface area contributed by atoms with Gasteiger partial charge in [-0.1, -0.05) is 23.7 Å². The number of carbonyl (C=O) groups excluding carboxylic acids is 2. The number of benzene rings is 1. The van der Waals surface area contributed by atoms with Crippen LogP contribution in [0, 0.1) is 0 Å². The molecule has 4 rings (SSSR count). The Morgan fingerprint density at radius 1 is 1.00 bits per heavy atom. The number of nitrogens with zero attached hydrogens (tertiary/aromatic N) is 4. The van der Waals surface area contributed by atoms with Crippen LogP contribution in [0.15, 0.2) is 54.9 Å². The summed E-state index contributed by atoms with van der Waals surface area (Å²) in [5.74, 6) is 1.05. The molecule has 0 aliphatic carbocycles. The van der Waals surface area contributed by atoms with Crippen LogP contribution < -0.4 is 10.2 Å². The van der Waals surface area contributed by atoms with Gasteiger partial charge in [-0.3, -0.25) is 9.59 Å². The topological polar surface area (TPSA) is 70.5 Å². The molecule has 1 fully saturated rings. The van der Waals surface area contributed by atoms with E-state index in [9.17, 15) is 9.59 Å². The number of pyridine rings is 1. The van der Waals surface area contributed by atoms with Gasteiger partial charge < -0.3 is 19.7 Å². The highest BCUT2D eigenvalue weighted by atomic mass is 35.5. The van der Waals surface area contributed by atoms with E-state index >= 15 is 0 Å². The Morgan fingerprint density at radius 3 is 2.62 bits per heavy atom. The summed E-state index contributed by atoms with van der Waals surface area (Å²) in [6.45, 7) is 4.16. The summed E-state index contributed by atoms with van der Waals surface area (Å²) in [5.41, 5.74) is 1.06. The highest BCUT2D eigenvalue weighted by Crippen LogP contribution is 2.24. The third-order valence-electron chi connectivity index (χ3n) is 5.84. The lowest BCUT2D eigenvalue weighted by atomic mass is 10.2. The molecule has 3 heterocycles. The van der Waals surface area contributed by atoms with Crippen LogP contribution in [0.5, 0.6) is 0 Å². The van der Waals surface area contributed by atoms with E-state index in [0.717, 1.165) is 34.8 Å². The first-order valence-electron chi connectivity index (χ1n) is 11.1. The summed E-state index contributed by atoms with van der Waals surface area (Å²) in [7, 11) is 0. The minimum Gasteiger partial charge on any atom is -0.354 e. The van der Waals surface area contributed by atoms with Crippen molar-refractivity contribution in [1.29, 1.82) is 0 Å². The monoisotopic (exact) mass is 453 g/mol. The minimum atomic E-state index is -0.0211. The molecule has 1 N–H and O–H groups in total. The second-order valence-electron chi connectivity index (χ2n) is 7.94. The Bertz CT molecular complexity index is 1060. The molecule has 0 saturated carbocycles. The van der Waals surface area contributed by atoms with Gasteiger partial charge >= 0.3 is 0 Å². The maximum Gasteiger partial charge on any atom is 0.222 e. The fraction of sp³-hybridized carbons (Fsp3) is 0.375. The predicted molar refractivity (Wildman–Crippen MR) is 127 cm³/mol. The largest absolute Gasteiger partial charge is 0.354 e. The number of piperazine rings is 1. The van der Waals surface area contributed by atoms with E-state index in [1.165, 1.54) is 0 Å². The van der Waals surface area contributed by atoms with Gasteiger partial charge in [0.1, 0.15) is 5.82 Å². The van der Waals surface area contributed by atoms with Crippen molar-refractivity contribution in [2.24, 2.45) is 0 Å². The molecular weight excluding hydrogens is 426 g/mol. The summed E-state index contributed by atoms with van der Waals surface area (Å²) in [5, 5.41) is 4.69. The Kier molecular flexibility index (Phi) is 7.27. The summed E-state index contributed by atoms with van der Waals surface area (Å²) >= 11 is 6.21. The van der Waals surface area contributed by atoms with Crippen molar-refractivity contribution >= 4 is 40.1 Å². The van der Waals surface area contributed by atoms with Crippen LogP contribution in [0.3, 0.4) is 0 Å². The highest BCUT2D eigenvalue weighted by molar-refractivity contribution is 6.35. The smallest absolute Gasteiger partial charge is 0.222 e. The zero-order chi connectivity index (χ0) is 22.3. The molecule has 168 valence electrons. The van der Waals surface area contributed by atoms with E-state index in [0.29, 0.717) is 45.4 Å². The number of fused-ring (bicyclic) bond motifs is 1. The Labute approximate surface area is 193 Å². The van der Waals surface area contributed by atoms with Crippen LogP contribution in [0.2, 0.25) is 5.02 Å². The number of hydrogen-bond donors (Lipinski definition) is 1. The van der Waals surface area contributed by atoms with Gasteiger partial charge in [-0.05, 0) is 36.8 Å². The number of carbonyl (C=O) groups is 2. The first-order chi connectivity index (χ1) is 15.6. The fourth-order valence-electron chi connectivity index (χ4n) is 4.07. The van der Waals surface area contributed by atoms with Crippen molar-refractivity contribution in [1.82, 2.24) is 19.8 Å². The number of rotatable bonds is 8. The van der Waals surface area contributed by atoms with Crippen LogP contribution in [0.1, 0.15) is 19.3 Å². The van der Waals surface area contributed by atoms with Crippen LogP contribution >= 0.6 is 11.6 Å². The van der Waals surface area contributed by atoms with E-state index < -0.39 is 0 Å². The van der Waals surface area contributed by atoms with Crippen molar-refractivity contribution in [2.75, 3.05) is 37.6 Å². The third kappa shape index (κ3) is 5.40. The lowest BCUT2D eigenvalue weighted by Crippen LogP contribution is -2.49. The molecular formula is C24H28ClN5O2. The first kappa shape index (κ1) is 22.1. The average Bonchev–Trinajstić information content (AvgIpc) is 3.24. The molecule has 2 aromatic heterocycles. The molecule has 1 aliphatic heterocycles. The molecule has 0 bridgehead atoms. The third-order valence-corrected chi connectivity index (χ3v) is 6.17. The van der Waals surface area contributed by atoms with E-state index in [1.54, 1.807) is 6.20 Å². The minimum absolute atomic E-state index is 0.0211. The molecule has 7 nitrogen and oxygen atoms in total. The molecule has 0 spiro atoms. The van der Waals surface area contributed by atoms with E-state index in [4.69, 9.17) is 11.6 Å². The summed E-state index contributed by atoms with van der Waals surface area (Å²) in [6.07, 6.45) is 5.09. The van der Waals surface area contributed by atoms with E-state index in [1.807, 2.05) is 53.6 Å². The molecule has 8 heteroatoms. The highest BCUT2D eigenvalue weighted by Gasteiger charge is 2.21. The van der Waals surface area contributed by atoms with E-state index in [2.05, 4.69) is 19.8 Å². The number of anilines is 1. The van der Waals surface area contributed by atoms with Crippen LogP contribution in [-0.2, 0) is 16.1 Å². The lowest BCUT2D eigenvalue weighted by Gasteiger charge is -2.35. The van der Waals surface area contributed by atoms with Gasteiger partial charge in [-0.25, -0.2) is 4.98 Å². The van der Waals surface area contributed by atoms with Gasteiger partial charge in [0.2, 0.25) is 11.8 Å². The zero-order valence-electron chi connectivity index (χ0n) is 18.0. The van der Waals surface area contributed by atoms with Crippen molar-refractivity contribution in [2.45, 2.75) is 25.8 Å². The number of amides is 2. The maximum atomic E-state index is 12.5. The van der Waals surface area contributed by atoms with Crippen LogP contribution in [-0.4, -0.2) is 59.0 Å². The lowest BCUT2D eigenvalue weighted by molar-refractivity contribution is -0.131. The normalized spacial score (nSPS) is 14.0. The van der Waals surface area contributed by atoms with Gasteiger partial charge in [0.25, 0.3) is 0 Å². The van der Waals surface area contributed by atoms with Gasteiger partial charge in [-0.2, -0.15) is 0 Å². The SMILES string of the molecule is O=C(CCCC(=O)N1CCN(c2ccccn2)CC1)NCCn1ccc2c(Cl)cccc21. The van der Waals surface area contributed by atoms with Gasteiger partial charge in [0.05, 0.1) is 0 Å². The first-order valence-corrected chi connectivity index (χ1v) is 11.4. The van der Waals surface area contributed by atoms with Crippen LogP contribution in [0.4, 0.5) is 5.82 Å². The Balaban J connectivity index is 1.13. The van der Waals surface area contributed by atoms with E-state index in [-0.39, 0.29) is 11.8 Å². The van der Waals surface area contributed by atoms with Crippen molar-refractivity contribution in [3.05, 3.63) is 59.9 Å². The molecule has 0 radical (unpaired) electrons. The standard InChI is InChI=1S/C24H28ClN5O2/c25-20-5-3-6-21-19(20)10-13-28(21)14-12-27-23(31)8-4-9-24(32)30-17-15-29(16-18-30)22-7-1-2-11-26-22/h1-3,5-7,10-11,13H,4,8-9,12,14-18H2,(H,27,31). The molecule has 1 saturated heterocycles. The Hall–Kier alpha value is -3.06. The fourth-order valence-corrected chi connectivity index (χ4v) is 4.30. The molecule has 32 heavy (non-hydrogen) atoms. The number of hydrogen-bond acceptors (Lipinski definition) is 4. The summed E-state index contributed by atoms with van der Waals surface area (Å²) in [4.78, 5) is 33.1. The number of aromatic nitrogens is 2. The van der Waals surface area contributed by atoms with Gasteiger partial charge in [0, 0.05) is 80.4 Å². The number of nitrogens with one attached hydrogen (secondary N) is 1. The molecule has 0 unspecified atom stereocenters. The average molecular weight is 454 g/mol. The quantitative estimate of drug-likeness (QED) is 0.568. The predicted octanol–water partition coefficient (Wildman–Crippen LogP) is 3.33. The van der Waals surface area contributed by atoms with Crippen molar-refractivity contribution < 1.29 is 9.59 Å². The molecule has 0 atom stereocenters. The molecule has 1 aliphatic rings.